The van der Waals surface area contributed by atoms with Gasteiger partial charge in [-0.1, -0.05) is 6.92 Å². The standard InChI is InChI=1S/C27H37N7O6S/c1-4-6-23-28-19(3)25-27(36)29-26(30-34(23)25)21-17-20(7-8-22(21)40-5-2)41(37,38)33-11-9-32(10-12-33)24(35)18-31-13-15-39-16-14-31/h7-8,17H,4-6,9-16,18H2,1-3H3,(H,29,30,36). The molecule has 0 atom stereocenters. The highest BCUT2D eigenvalue weighted by Gasteiger charge is 2.31. The number of hydrogen-bond acceptors (Lipinski definition) is 9. The van der Waals surface area contributed by atoms with Gasteiger partial charge in [0.25, 0.3) is 5.56 Å². The van der Waals surface area contributed by atoms with Crippen LogP contribution in [0.15, 0.2) is 27.9 Å². The van der Waals surface area contributed by atoms with Crippen LogP contribution in [0.25, 0.3) is 16.9 Å². The van der Waals surface area contributed by atoms with E-state index in [4.69, 9.17) is 9.47 Å². The Balaban J connectivity index is 1.40. The van der Waals surface area contributed by atoms with Gasteiger partial charge in [0.15, 0.2) is 11.3 Å². The summed E-state index contributed by atoms with van der Waals surface area (Å²) in [4.78, 5) is 37.0. The van der Waals surface area contributed by atoms with E-state index >= 15 is 0 Å². The first-order valence-electron chi connectivity index (χ1n) is 14.1. The van der Waals surface area contributed by atoms with Crippen LogP contribution in [0.3, 0.4) is 0 Å². The van der Waals surface area contributed by atoms with Crippen LogP contribution in [0.4, 0.5) is 0 Å². The van der Waals surface area contributed by atoms with Gasteiger partial charge in [-0.2, -0.15) is 4.31 Å². The van der Waals surface area contributed by atoms with E-state index in [1.807, 2.05) is 13.8 Å². The van der Waals surface area contributed by atoms with E-state index in [1.165, 1.54) is 21.0 Å². The number of piperazine rings is 1. The van der Waals surface area contributed by atoms with Crippen LogP contribution in [0.1, 0.15) is 31.8 Å². The third-order valence-corrected chi connectivity index (χ3v) is 9.31. The number of ether oxygens (including phenoxy) is 2. The Morgan fingerprint density at radius 3 is 2.51 bits per heavy atom. The van der Waals surface area contributed by atoms with Gasteiger partial charge in [0.2, 0.25) is 15.9 Å². The molecule has 0 spiro atoms. The molecule has 0 unspecified atom stereocenters. The average Bonchev–Trinajstić information content (AvgIpc) is 3.29. The minimum Gasteiger partial charge on any atom is -0.493 e. The molecule has 0 saturated carbocycles. The Morgan fingerprint density at radius 2 is 1.83 bits per heavy atom. The molecule has 0 bridgehead atoms. The molecule has 1 N–H and O–H groups in total. The fourth-order valence-corrected chi connectivity index (χ4v) is 6.71. The smallest absolute Gasteiger partial charge is 0.277 e. The number of benzene rings is 1. The molecule has 14 heteroatoms. The molecule has 2 fully saturated rings. The second kappa shape index (κ2) is 12.3. The Hall–Kier alpha value is -3.33. The molecule has 5 rings (SSSR count). The van der Waals surface area contributed by atoms with Crippen LogP contribution >= 0.6 is 0 Å². The zero-order chi connectivity index (χ0) is 29.1. The maximum absolute atomic E-state index is 13.7. The van der Waals surface area contributed by atoms with Crippen LogP contribution in [0.5, 0.6) is 5.75 Å². The second-order valence-electron chi connectivity index (χ2n) is 10.2. The number of aromatic amines is 1. The summed E-state index contributed by atoms with van der Waals surface area (Å²) in [5, 5.41) is 4.66. The molecule has 222 valence electrons. The van der Waals surface area contributed by atoms with Crippen molar-refractivity contribution in [2.75, 3.05) is 65.6 Å². The topological polar surface area (TPSA) is 142 Å². The number of aryl methyl sites for hydroxylation is 2. The predicted molar refractivity (Wildman–Crippen MR) is 152 cm³/mol. The monoisotopic (exact) mass is 587 g/mol. The molecule has 3 aromatic rings. The van der Waals surface area contributed by atoms with Crippen molar-refractivity contribution >= 4 is 21.4 Å². The lowest BCUT2D eigenvalue weighted by atomic mass is 10.2. The lowest BCUT2D eigenvalue weighted by Gasteiger charge is -2.35. The van der Waals surface area contributed by atoms with Crippen molar-refractivity contribution < 1.29 is 22.7 Å². The minimum absolute atomic E-state index is 0.00472. The summed E-state index contributed by atoms with van der Waals surface area (Å²) in [5.41, 5.74) is 0.939. The van der Waals surface area contributed by atoms with Crippen LogP contribution in [0, 0.1) is 6.92 Å². The number of sulfonamides is 1. The number of carbonyl (C=O) groups excluding carboxylic acids is 1. The van der Waals surface area contributed by atoms with Gasteiger partial charge >= 0.3 is 0 Å². The number of imidazole rings is 1. The molecule has 2 aromatic heterocycles. The van der Waals surface area contributed by atoms with Crippen molar-refractivity contribution in [2.45, 2.75) is 38.5 Å². The van der Waals surface area contributed by atoms with E-state index in [9.17, 15) is 18.0 Å². The van der Waals surface area contributed by atoms with Gasteiger partial charge in [-0.15, -0.1) is 5.10 Å². The van der Waals surface area contributed by atoms with Gasteiger partial charge in [-0.25, -0.2) is 17.9 Å². The molecular weight excluding hydrogens is 550 g/mol. The third-order valence-electron chi connectivity index (χ3n) is 7.41. The quantitative estimate of drug-likeness (QED) is 0.387. The number of carbonyl (C=O) groups is 1. The van der Waals surface area contributed by atoms with Gasteiger partial charge in [0.05, 0.1) is 42.5 Å². The van der Waals surface area contributed by atoms with Crippen LogP contribution < -0.4 is 10.3 Å². The lowest BCUT2D eigenvalue weighted by molar-refractivity contribution is -0.134. The number of hydrogen-bond donors (Lipinski definition) is 1. The van der Waals surface area contributed by atoms with E-state index in [1.54, 1.807) is 17.9 Å². The van der Waals surface area contributed by atoms with Crippen LogP contribution in [-0.2, 0) is 26.0 Å². The zero-order valence-corrected chi connectivity index (χ0v) is 24.6. The van der Waals surface area contributed by atoms with Crippen molar-refractivity contribution in [1.82, 2.24) is 33.7 Å². The Labute approximate surface area is 239 Å². The van der Waals surface area contributed by atoms with Gasteiger partial charge < -0.3 is 19.4 Å². The number of fused-ring (bicyclic) bond motifs is 1. The van der Waals surface area contributed by atoms with E-state index < -0.39 is 10.0 Å². The number of nitrogens with zero attached hydrogens (tertiary/aromatic N) is 6. The van der Waals surface area contributed by atoms with Gasteiger partial charge in [-0.3, -0.25) is 14.5 Å². The van der Waals surface area contributed by atoms with Crippen LogP contribution in [0.2, 0.25) is 0 Å². The summed E-state index contributed by atoms with van der Waals surface area (Å²) < 4.78 is 41.5. The minimum atomic E-state index is -3.89. The van der Waals surface area contributed by atoms with E-state index in [0.717, 1.165) is 6.42 Å². The number of nitrogens with one attached hydrogen (secondary N) is 1. The highest BCUT2D eigenvalue weighted by atomic mass is 32.2. The second-order valence-corrected chi connectivity index (χ2v) is 12.1. The number of rotatable bonds is 9. The average molecular weight is 588 g/mol. The van der Waals surface area contributed by atoms with Gasteiger partial charge in [-0.05, 0) is 38.5 Å². The summed E-state index contributed by atoms with van der Waals surface area (Å²) in [6.45, 7) is 9.94. The first-order chi connectivity index (χ1) is 19.7. The summed E-state index contributed by atoms with van der Waals surface area (Å²) in [6, 6.07) is 4.58. The van der Waals surface area contributed by atoms with Crippen molar-refractivity contribution in [1.29, 1.82) is 0 Å². The van der Waals surface area contributed by atoms with Crippen molar-refractivity contribution in [3.8, 4) is 17.1 Å². The van der Waals surface area contributed by atoms with Crippen molar-refractivity contribution in [2.24, 2.45) is 0 Å². The van der Waals surface area contributed by atoms with Gasteiger partial charge in [0, 0.05) is 45.7 Å². The molecule has 0 radical (unpaired) electrons. The normalized spacial score (nSPS) is 17.3. The maximum atomic E-state index is 13.7. The maximum Gasteiger partial charge on any atom is 0.277 e. The summed E-state index contributed by atoms with van der Waals surface area (Å²) in [5.74, 6) is 1.25. The third kappa shape index (κ3) is 6.01. The molecule has 13 nitrogen and oxygen atoms in total. The fraction of sp³-hybridized carbons (Fsp3) is 0.556. The highest BCUT2D eigenvalue weighted by Crippen LogP contribution is 2.31. The molecule has 2 saturated heterocycles. The highest BCUT2D eigenvalue weighted by molar-refractivity contribution is 7.89. The Kier molecular flexibility index (Phi) is 8.73. The molecule has 0 aliphatic carbocycles. The first-order valence-corrected chi connectivity index (χ1v) is 15.5. The number of morpholine rings is 1. The lowest BCUT2D eigenvalue weighted by Crippen LogP contribution is -2.53. The SMILES string of the molecule is CCCc1nc(C)c2c(=O)[nH]c(-c3cc(S(=O)(=O)N4CCN(C(=O)CN5CCOCC5)CC4)ccc3OCC)nn12. The summed E-state index contributed by atoms with van der Waals surface area (Å²) in [6.07, 6.45) is 1.46. The molecule has 2 aliphatic heterocycles. The molecule has 1 amide bonds. The van der Waals surface area contributed by atoms with E-state index in [-0.39, 0.29) is 35.3 Å². The zero-order valence-electron chi connectivity index (χ0n) is 23.8. The van der Waals surface area contributed by atoms with Crippen molar-refractivity contribution in [3.05, 3.63) is 40.1 Å². The summed E-state index contributed by atoms with van der Waals surface area (Å²) in [7, 11) is -3.89. The Bertz CT molecular complexity index is 1570. The molecular formula is C27H37N7O6S. The fourth-order valence-electron chi connectivity index (χ4n) is 5.26. The molecule has 1 aromatic carbocycles. The largest absolute Gasteiger partial charge is 0.493 e. The Morgan fingerprint density at radius 1 is 1.10 bits per heavy atom. The number of H-pyrrole nitrogens is 1. The summed E-state index contributed by atoms with van der Waals surface area (Å²) >= 11 is 0. The first kappa shape index (κ1) is 29.2. The van der Waals surface area contributed by atoms with Gasteiger partial charge in [0.1, 0.15) is 11.6 Å². The molecule has 2 aliphatic rings. The van der Waals surface area contributed by atoms with Crippen molar-refractivity contribution in [3.63, 3.8) is 0 Å². The molecule has 41 heavy (non-hydrogen) atoms. The van der Waals surface area contributed by atoms with Crippen LogP contribution in [-0.4, -0.2) is 114 Å². The van der Waals surface area contributed by atoms with E-state index in [0.29, 0.717) is 87.3 Å². The number of amides is 1. The molecule has 4 heterocycles. The predicted octanol–water partition coefficient (Wildman–Crippen LogP) is 0.909. The number of aromatic nitrogens is 4. The van der Waals surface area contributed by atoms with E-state index in [2.05, 4.69) is 20.0 Å².